The molecule has 0 aliphatic carbocycles. The molecule has 2 heterocycles. The monoisotopic (exact) mass is 278 g/mol. The van der Waals surface area contributed by atoms with Crippen LogP contribution < -0.4 is 10.6 Å². The fraction of sp³-hybridized carbons (Fsp3) is 0.294. The molecule has 21 heavy (non-hydrogen) atoms. The van der Waals surface area contributed by atoms with Gasteiger partial charge in [0.25, 0.3) is 0 Å². The minimum Gasteiger partial charge on any atom is -0.398 e. The number of aryl methyl sites for hydroxylation is 2. The molecule has 1 aromatic heterocycles. The van der Waals surface area contributed by atoms with Gasteiger partial charge in [-0.1, -0.05) is 12.1 Å². The number of nitrogens with two attached hydrogens (primary N) is 1. The van der Waals surface area contributed by atoms with Gasteiger partial charge in [-0.2, -0.15) is 5.26 Å². The number of nitrogen functional groups attached to an aromatic ring is 1. The van der Waals surface area contributed by atoms with Crippen LogP contribution in [0.25, 0.3) is 0 Å². The number of benzene rings is 1. The molecule has 4 heteroatoms. The Hall–Kier alpha value is -2.54. The van der Waals surface area contributed by atoms with Gasteiger partial charge in [0.1, 0.15) is 6.07 Å². The predicted octanol–water partition coefficient (Wildman–Crippen LogP) is 2.72. The summed E-state index contributed by atoms with van der Waals surface area (Å²) < 4.78 is 0. The van der Waals surface area contributed by atoms with E-state index in [-0.39, 0.29) is 0 Å². The highest BCUT2D eigenvalue weighted by Crippen LogP contribution is 2.30. The molecule has 4 nitrogen and oxygen atoms in total. The third-order valence-electron chi connectivity index (χ3n) is 4.06. The number of anilines is 2. The number of nitriles is 1. The van der Waals surface area contributed by atoms with Crippen molar-refractivity contribution in [2.75, 3.05) is 17.2 Å². The second kappa shape index (κ2) is 5.10. The van der Waals surface area contributed by atoms with Crippen LogP contribution in [0.4, 0.5) is 11.4 Å². The summed E-state index contributed by atoms with van der Waals surface area (Å²) in [6, 6.07) is 10.4. The first-order valence-corrected chi connectivity index (χ1v) is 7.09. The van der Waals surface area contributed by atoms with Crippen molar-refractivity contribution in [3.05, 3.63) is 52.3 Å². The molecule has 1 aliphatic heterocycles. The van der Waals surface area contributed by atoms with E-state index in [2.05, 4.69) is 22.0 Å². The second-order valence-corrected chi connectivity index (χ2v) is 5.51. The lowest BCUT2D eigenvalue weighted by Crippen LogP contribution is -2.31. The molecule has 2 N–H and O–H groups in total. The minimum absolute atomic E-state index is 0.674. The Morgan fingerprint density at radius 2 is 2.14 bits per heavy atom. The van der Waals surface area contributed by atoms with E-state index in [9.17, 15) is 5.26 Å². The first-order chi connectivity index (χ1) is 10.1. The molecule has 3 rings (SSSR count). The van der Waals surface area contributed by atoms with Crippen molar-refractivity contribution in [2.45, 2.75) is 26.8 Å². The van der Waals surface area contributed by atoms with E-state index in [4.69, 9.17) is 5.73 Å². The Morgan fingerprint density at radius 3 is 2.90 bits per heavy atom. The number of pyridine rings is 1. The Labute approximate surface area is 124 Å². The Bertz CT molecular complexity index is 743. The van der Waals surface area contributed by atoms with Gasteiger partial charge in [0.05, 0.1) is 16.9 Å². The number of hydrogen-bond acceptors (Lipinski definition) is 4. The van der Waals surface area contributed by atoms with E-state index in [1.54, 1.807) is 0 Å². The molecule has 0 saturated carbocycles. The van der Waals surface area contributed by atoms with Gasteiger partial charge in [-0.05, 0) is 43.5 Å². The average Bonchev–Trinajstić information content (AvgIpc) is 2.46. The summed E-state index contributed by atoms with van der Waals surface area (Å²) in [5.41, 5.74) is 12.8. The van der Waals surface area contributed by atoms with Crippen molar-refractivity contribution in [2.24, 2.45) is 0 Å². The molecular weight excluding hydrogens is 260 g/mol. The topological polar surface area (TPSA) is 65.9 Å². The summed E-state index contributed by atoms with van der Waals surface area (Å²) >= 11 is 0. The van der Waals surface area contributed by atoms with Crippen LogP contribution in [0, 0.1) is 25.2 Å². The van der Waals surface area contributed by atoms with Crippen LogP contribution in [0.3, 0.4) is 0 Å². The Morgan fingerprint density at radius 1 is 1.33 bits per heavy atom. The molecule has 1 aliphatic rings. The lowest BCUT2D eigenvalue weighted by molar-refractivity contribution is 0.730. The van der Waals surface area contributed by atoms with Gasteiger partial charge in [-0.15, -0.1) is 0 Å². The van der Waals surface area contributed by atoms with Gasteiger partial charge in [0.15, 0.2) is 0 Å². The summed E-state index contributed by atoms with van der Waals surface area (Å²) in [6.45, 7) is 5.52. The zero-order valence-electron chi connectivity index (χ0n) is 12.3. The molecule has 106 valence electrons. The van der Waals surface area contributed by atoms with E-state index in [1.165, 1.54) is 11.1 Å². The van der Waals surface area contributed by atoms with Crippen LogP contribution in [0.1, 0.15) is 28.1 Å². The molecule has 0 fully saturated rings. The van der Waals surface area contributed by atoms with Crippen molar-refractivity contribution in [3.63, 3.8) is 0 Å². The lowest BCUT2D eigenvalue weighted by Gasteiger charge is -2.32. The normalized spacial score (nSPS) is 13.7. The molecule has 2 aromatic rings. The van der Waals surface area contributed by atoms with Crippen LogP contribution in [0.5, 0.6) is 0 Å². The SMILES string of the molecule is Cc1cc(N2CCc3c(N)cccc3C2)c(C#N)c(C)n1. The van der Waals surface area contributed by atoms with Crippen molar-refractivity contribution < 1.29 is 0 Å². The second-order valence-electron chi connectivity index (χ2n) is 5.51. The van der Waals surface area contributed by atoms with Crippen LogP contribution in [-0.4, -0.2) is 11.5 Å². The third kappa shape index (κ3) is 2.31. The van der Waals surface area contributed by atoms with E-state index in [0.29, 0.717) is 5.56 Å². The van der Waals surface area contributed by atoms with Gasteiger partial charge in [0.2, 0.25) is 0 Å². The van der Waals surface area contributed by atoms with Gasteiger partial charge >= 0.3 is 0 Å². The molecule has 0 amide bonds. The Kier molecular flexibility index (Phi) is 3.26. The van der Waals surface area contributed by atoms with Crippen molar-refractivity contribution >= 4 is 11.4 Å². The number of rotatable bonds is 1. The first-order valence-electron chi connectivity index (χ1n) is 7.09. The van der Waals surface area contributed by atoms with E-state index in [0.717, 1.165) is 42.3 Å². The fourth-order valence-electron chi connectivity index (χ4n) is 3.04. The maximum Gasteiger partial charge on any atom is 0.103 e. The molecular formula is C17H18N4. The smallest absolute Gasteiger partial charge is 0.103 e. The molecule has 0 unspecified atom stereocenters. The molecule has 0 bridgehead atoms. The van der Waals surface area contributed by atoms with E-state index >= 15 is 0 Å². The highest BCUT2D eigenvalue weighted by atomic mass is 15.1. The quantitative estimate of drug-likeness (QED) is 0.814. The third-order valence-corrected chi connectivity index (χ3v) is 4.06. The highest BCUT2D eigenvalue weighted by Gasteiger charge is 2.21. The van der Waals surface area contributed by atoms with Gasteiger partial charge in [-0.25, -0.2) is 0 Å². The summed E-state index contributed by atoms with van der Waals surface area (Å²) in [5, 5.41) is 9.42. The molecule has 0 spiro atoms. The summed E-state index contributed by atoms with van der Waals surface area (Å²) in [7, 11) is 0. The first kappa shape index (κ1) is 13.4. The Balaban J connectivity index is 2.03. The maximum absolute atomic E-state index is 9.42. The van der Waals surface area contributed by atoms with E-state index in [1.807, 2.05) is 32.0 Å². The molecule has 0 saturated heterocycles. The molecule has 0 radical (unpaired) electrons. The number of hydrogen-bond donors (Lipinski definition) is 1. The average molecular weight is 278 g/mol. The van der Waals surface area contributed by atoms with Gasteiger partial charge in [-0.3, -0.25) is 4.98 Å². The predicted molar refractivity (Wildman–Crippen MR) is 84.0 cm³/mol. The van der Waals surface area contributed by atoms with Gasteiger partial charge < -0.3 is 10.6 Å². The standard InChI is InChI=1S/C17H18N4/c1-11-8-17(15(9-18)12(2)20-11)21-7-6-14-13(10-21)4-3-5-16(14)19/h3-5,8H,6-7,10,19H2,1-2H3. The summed E-state index contributed by atoms with van der Waals surface area (Å²) in [6.07, 6.45) is 0.910. The highest BCUT2D eigenvalue weighted by molar-refractivity contribution is 5.64. The van der Waals surface area contributed by atoms with Crippen LogP contribution in [0.15, 0.2) is 24.3 Å². The van der Waals surface area contributed by atoms with Crippen LogP contribution in [-0.2, 0) is 13.0 Å². The largest absolute Gasteiger partial charge is 0.398 e. The van der Waals surface area contributed by atoms with Crippen molar-refractivity contribution in [3.8, 4) is 6.07 Å². The molecule has 0 atom stereocenters. The minimum atomic E-state index is 0.674. The fourth-order valence-corrected chi connectivity index (χ4v) is 3.04. The molecule has 1 aromatic carbocycles. The van der Waals surface area contributed by atoms with Crippen LogP contribution in [0.2, 0.25) is 0 Å². The number of aromatic nitrogens is 1. The number of nitrogens with zero attached hydrogens (tertiary/aromatic N) is 3. The van der Waals surface area contributed by atoms with Crippen molar-refractivity contribution in [1.29, 1.82) is 5.26 Å². The zero-order chi connectivity index (χ0) is 15.0. The van der Waals surface area contributed by atoms with Gasteiger partial charge in [0, 0.05) is 24.5 Å². The van der Waals surface area contributed by atoms with Crippen molar-refractivity contribution in [1.82, 2.24) is 4.98 Å². The lowest BCUT2D eigenvalue weighted by atomic mass is 9.97. The maximum atomic E-state index is 9.42. The summed E-state index contributed by atoms with van der Waals surface area (Å²) in [4.78, 5) is 6.64. The van der Waals surface area contributed by atoms with Crippen LogP contribution >= 0.6 is 0 Å². The van der Waals surface area contributed by atoms with E-state index < -0.39 is 0 Å². The summed E-state index contributed by atoms with van der Waals surface area (Å²) in [5.74, 6) is 0. The number of fused-ring (bicyclic) bond motifs is 1. The zero-order valence-corrected chi connectivity index (χ0v) is 12.3.